The molecule has 0 atom stereocenters. The van der Waals surface area contributed by atoms with Gasteiger partial charge >= 0.3 is 6.03 Å². The minimum Gasteiger partial charge on any atom is -0.368 e. The predicted molar refractivity (Wildman–Crippen MR) is 118 cm³/mol. The van der Waals surface area contributed by atoms with E-state index in [9.17, 15) is 14.4 Å². The number of carbonyl (C=O) groups is 2. The highest BCUT2D eigenvalue weighted by Crippen LogP contribution is 2.22. The Morgan fingerprint density at radius 1 is 0.900 bits per heavy atom. The van der Waals surface area contributed by atoms with Gasteiger partial charge in [-0.1, -0.05) is 18.2 Å². The lowest BCUT2D eigenvalue weighted by molar-refractivity contribution is 0.101. The summed E-state index contributed by atoms with van der Waals surface area (Å²) in [6, 6.07) is 14.7. The Bertz CT molecular complexity index is 1160. The molecular weight excluding hydrogens is 380 g/mol. The van der Waals surface area contributed by atoms with Gasteiger partial charge in [-0.25, -0.2) is 4.79 Å². The first-order chi connectivity index (χ1) is 14.4. The third kappa shape index (κ3) is 3.78. The van der Waals surface area contributed by atoms with E-state index in [4.69, 9.17) is 0 Å². The molecule has 2 amide bonds. The predicted octanol–water partition coefficient (Wildman–Crippen LogP) is 3.10. The van der Waals surface area contributed by atoms with Crippen molar-refractivity contribution in [1.29, 1.82) is 0 Å². The molecule has 0 saturated carbocycles. The number of ketones is 1. The summed E-state index contributed by atoms with van der Waals surface area (Å²) < 4.78 is 1.49. The molecule has 7 heteroatoms. The van der Waals surface area contributed by atoms with Gasteiger partial charge in [0, 0.05) is 61.4 Å². The molecule has 3 aromatic rings. The smallest absolute Gasteiger partial charge is 0.322 e. The van der Waals surface area contributed by atoms with Crippen LogP contribution in [0.3, 0.4) is 0 Å². The number of nitrogens with zero attached hydrogens (tertiary/aromatic N) is 3. The topological polar surface area (TPSA) is 74.7 Å². The van der Waals surface area contributed by atoms with E-state index in [1.807, 2.05) is 42.5 Å². The maximum Gasteiger partial charge on any atom is 0.322 e. The number of amides is 2. The highest BCUT2D eigenvalue weighted by atomic mass is 16.2. The van der Waals surface area contributed by atoms with Gasteiger partial charge in [-0.3, -0.25) is 9.59 Å². The van der Waals surface area contributed by atoms with E-state index in [0.717, 1.165) is 11.1 Å². The molecule has 1 aliphatic heterocycles. The van der Waals surface area contributed by atoms with Crippen molar-refractivity contribution in [3.8, 4) is 0 Å². The van der Waals surface area contributed by atoms with Crippen LogP contribution in [0.25, 0.3) is 10.8 Å². The number of nitrogens with one attached hydrogen (secondary N) is 1. The summed E-state index contributed by atoms with van der Waals surface area (Å²) in [7, 11) is 1.68. The number of hydrogen-bond donors (Lipinski definition) is 1. The molecule has 0 spiro atoms. The van der Waals surface area contributed by atoms with Crippen LogP contribution in [-0.2, 0) is 7.05 Å². The van der Waals surface area contributed by atoms with Gasteiger partial charge in [0.1, 0.15) is 0 Å². The van der Waals surface area contributed by atoms with Gasteiger partial charge in [0.15, 0.2) is 5.78 Å². The molecule has 2 heterocycles. The number of benzene rings is 2. The molecule has 0 radical (unpaired) electrons. The number of piperazine rings is 1. The largest absolute Gasteiger partial charge is 0.368 e. The van der Waals surface area contributed by atoms with Crippen LogP contribution in [0.4, 0.5) is 16.2 Å². The van der Waals surface area contributed by atoms with E-state index < -0.39 is 0 Å². The van der Waals surface area contributed by atoms with Gasteiger partial charge in [-0.2, -0.15) is 0 Å². The Hall–Kier alpha value is -3.61. The van der Waals surface area contributed by atoms with Gasteiger partial charge in [0.25, 0.3) is 5.56 Å². The monoisotopic (exact) mass is 404 g/mol. The van der Waals surface area contributed by atoms with E-state index >= 15 is 0 Å². The molecule has 1 aliphatic rings. The number of fused-ring (bicyclic) bond motifs is 1. The van der Waals surface area contributed by atoms with E-state index in [2.05, 4.69) is 10.2 Å². The van der Waals surface area contributed by atoms with Crippen molar-refractivity contribution >= 4 is 34.0 Å². The van der Waals surface area contributed by atoms with Gasteiger partial charge < -0.3 is 19.7 Å². The Kier molecular flexibility index (Phi) is 5.27. The summed E-state index contributed by atoms with van der Waals surface area (Å²) >= 11 is 0. The summed E-state index contributed by atoms with van der Waals surface area (Å²) in [6.07, 6.45) is 1.66. The lowest BCUT2D eigenvalue weighted by atomic mass is 10.1. The molecule has 30 heavy (non-hydrogen) atoms. The van der Waals surface area contributed by atoms with Gasteiger partial charge in [-0.05, 0) is 37.3 Å². The molecule has 154 valence electrons. The normalized spacial score (nSPS) is 14.1. The fraction of sp³-hybridized carbons (Fsp3) is 0.261. The quantitative estimate of drug-likeness (QED) is 0.681. The molecule has 0 unspecified atom stereocenters. The minimum absolute atomic E-state index is 0.0500. The molecule has 7 nitrogen and oxygen atoms in total. The van der Waals surface area contributed by atoms with Crippen molar-refractivity contribution in [2.24, 2.45) is 7.05 Å². The van der Waals surface area contributed by atoms with Crippen LogP contribution in [0, 0.1) is 0 Å². The van der Waals surface area contributed by atoms with Crippen LogP contribution < -0.4 is 15.8 Å². The fourth-order valence-electron chi connectivity index (χ4n) is 3.78. The maximum atomic E-state index is 12.8. The van der Waals surface area contributed by atoms with E-state index in [1.54, 1.807) is 31.1 Å². The number of carbonyl (C=O) groups excluding carboxylic acids is 2. The second-order valence-corrected chi connectivity index (χ2v) is 7.51. The van der Waals surface area contributed by atoms with Crippen LogP contribution in [0.5, 0.6) is 0 Å². The standard InChI is InChI=1S/C23H24N4O3/c1-16(28)17-7-9-18(10-8-17)26-11-13-27(14-12-26)23(30)24-21-15-25(2)22(29)20-6-4-3-5-19(20)21/h3-10,15H,11-14H2,1-2H3,(H,24,30). The van der Waals surface area contributed by atoms with E-state index in [0.29, 0.717) is 42.8 Å². The van der Waals surface area contributed by atoms with Crippen LogP contribution in [-0.4, -0.2) is 47.5 Å². The highest BCUT2D eigenvalue weighted by molar-refractivity contribution is 6.01. The number of urea groups is 1. The molecular formula is C23H24N4O3. The molecule has 1 N–H and O–H groups in total. The van der Waals surface area contributed by atoms with Crippen LogP contribution in [0.2, 0.25) is 0 Å². The molecule has 2 aromatic carbocycles. The third-order valence-electron chi connectivity index (χ3n) is 5.54. The first-order valence-electron chi connectivity index (χ1n) is 9.94. The fourth-order valence-corrected chi connectivity index (χ4v) is 3.78. The van der Waals surface area contributed by atoms with Crippen LogP contribution >= 0.6 is 0 Å². The number of pyridine rings is 1. The van der Waals surface area contributed by atoms with Crippen molar-refractivity contribution in [1.82, 2.24) is 9.47 Å². The zero-order chi connectivity index (χ0) is 21.3. The SMILES string of the molecule is CC(=O)c1ccc(N2CCN(C(=O)Nc3cn(C)c(=O)c4ccccc34)CC2)cc1. The number of anilines is 2. The molecule has 1 saturated heterocycles. The van der Waals surface area contributed by atoms with Crippen molar-refractivity contribution < 1.29 is 9.59 Å². The first kappa shape index (κ1) is 19.7. The summed E-state index contributed by atoms with van der Waals surface area (Å²) in [5.74, 6) is 0.0500. The number of aromatic nitrogens is 1. The number of Topliss-reactive ketones (excluding diaryl/α,β-unsaturated/α-hetero) is 1. The van der Waals surface area contributed by atoms with Crippen LogP contribution in [0.15, 0.2) is 59.5 Å². The molecule has 0 bridgehead atoms. The van der Waals surface area contributed by atoms with Crippen molar-refractivity contribution in [2.75, 3.05) is 36.4 Å². The van der Waals surface area contributed by atoms with Gasteiger partial charge in [0.2, 0.25) is 0 Å². The number of hydrogen-bond acceptors (Lipinski definition) is 4. The second kappa shape index (κ2) is 8.02. The number of aryl methyl sites for hydroxylation is 1. The highest BCUT2D eigenvalue weighted by Gasteiger charge is 2.22. The Morgan fingerprint density at radius 3 is 2.17 bits per heavy atom. The molecule has 1 fully saturated rings. The zero-order valence-electron chi connectivity index (χ0n) is 17.1. The maximum absolute atomic E-state index is 12.8. The van der Waals surface area contributed by atoms with Crippen molar-refractivity contribution in [3.63, 3.8) is 0 Å². The van der Waals surface area contributed by atoms with Gasteiger partial charge in [0.05, 0.1) is 5.69 Å². The average Bonchev–Trinajstić information content (AvgIpc) is 2.77. The Labute approximate surface area is 174 Å². The Balaban J connectivity index is 1.44. The lowest BCUT2D eigenvalue weighted by Crippen LogP contribution is -2.50. The number of rotatable bonds is 3. The summed E-state index contributed by atoms with van der Waals surface area (Å²) in [5, 5.41) is 4.28. The summed E-state index contributed by atoms with van der Waals surface area (Å²) in [4.78, 5) is 40.6. The molecule has 4 rings (SSSR count). The van der Waals surface area contributed by atoms with E-state index in [-0.39, 0.29) is 17.4 Å². The molecule has 1 aromatic heterocycles. The third-order valence-corrected chi connectivity index (χ3v) is 5.54. The second-order valence-electron chi connectivity index (χ2n) is 7.51. The van der Waals surface area contributed by atoms with Crippen molar-refractivity contribution in [3.05, 3.63) is 70.6 Å². The lowest BCUT2D eigenvalue weighted by Gasteiger charge is -2.36. The summed E-state index contributed by atoms with van der Waals surface area (Å²) in [5.41, 5.74) is 2.28. The van der Waals surface area contributed by atoms with E-state index in [1.165, 1.54) is 4.57 Å². The zero-order valence-corrected chi connectivity index (χ0v) is 17.1. The first-order valence-corrected chi connectivity index (χ1v) is 9.94. The van der Waals surface area contributed by atoms with Crippen LogP contribution in [0.1, 0.15) is 17.3 Å². The Morgan fingerprint density at radius 2 is 1.53 bits per heavy atom. The van der Waals surface area contributed by atoms with Crippen molar-refractivity contribution in [2.45, 2.75) is 6.92 Å². The molecule has 0 aliphatic carbocycles. The summed E-state index contributed by atoms with van der Waals surface area (Å²) in [6.45, 7) is 4.15. The minimum atomic E-state index is -0.176. The van der Waals surface area contributed by atoms with Gasteiger partial charge in [-0.15, -0.1) is 0 Å². The average molecular weight is 404 g/mol.